The van der Waals surface area contributed by atoms with Crippen molar-refractivity contribution in [3.63, 3.8) is 0 Å². The van der Waals surface area contributed by atoms with Gasteiger partial charge in [0.05, 0.1) is 23.8 Å². The molecule has 2 aliphatic heterocycles. The molecule has 0 spiro atoms. The van der Waals surface area contributed by atoms with E-state index in [0.717, 1.165) is 0 Å². The Hall–Kier alpha value is -4.59. The van der Waals surface area contributed by atoms with Gasteiger partial charge in [0, 0.05) is 6.07 Å². The van der Waals surface area contributed by atoms with Crippen molar-refractivity contribution in [2.45, 2.75) is 0 Å². The van der Waals surface area contributed by atoms with Gasteiger partial charge in [-0.15, -0.1) is 0 Å². The summed E-state index contributed by atoms with van der Waals surface area (Å²) in [6.45, 7) is 0.106. The van der Waals surface area contributed by atoms with E-state index in [-0.39, 0.29) is 29.8 Å². The molecule has 0 saturated heterocycles. The maximum Gasteiger partial charge on any atom is 0.343 e. The van der Waals surface area contributed by atoms with Crippen molar-refractivity contribution in [2.75, 3.05) is 13.9 Å². The van der Waals surface area contributed by atoms with Crippen molar-refractivity contribution in [1.29, 1.82) is 0 Å². The largest absolute Gasteiger partial charge is 0.465 e. The third-order valence-corrected chi connectivity index (χ3v) is 5.09. The van der Waals surface area contributed by atoms with Gasteiger partial charge in [-0.1, -0.05) is 12.1 Å². The molecule has 33 heavy (non-hydrogen) atoms. The number of benzene rings is 3. The normalized spacial score (nSPS) is 14.6. The van der Waals surface area contributed by atoms with Crippen LogP contribution in [0.4, 0.5) is 0 Å². The molecule has 0 N–H and O–H groups in total. The molecule has 0 radical (unpaired) electrons. The van der Waals surface area contributed by atoms with Crippen LogP contribution in [0.2, 0.25) is 0 Å². The highest BCUT2D eigenvalue weighted by molar-refractivity contribution is 6.14. The van der Waals surface area contributed by atoms with Gasteiger partial charge >= 0.3 is 11.9 Å². The molecule has 0 unspecified atom stereocenters. The summed E-state index contributed by atoms with van der Waals surface area (Å²) in [4.78, 5) is 36.8. The highest BCUT2D eigenvalue weighted by Crippen LogP contribution is 2.36. The Morgan fingerprint density at radius 1 is 0.848 bits per heavy atom. The first-order chi connectivity index (χ1) is 16.0. The lowest BCUT2D eigenvalue weighted by Crippen LogP contribution is -2.08. The fourth-order valence-electron chi connectivity index (χ4n) is 3.40. The van der Waals surface area contributed by atoms with Gasteiger partial charge in [-0.3, -0.25) is 4.79 Å². The first-order valence-electron chi connectivity index (χ1n) is 9.90. The zero-order chi connectivity index (χ0) is 22.9. The second-order valence-corrected chi connectivity index (χ2v) is 7.17. The second kappa shape index (κ2) is 8.16. The van der Waals surface area contributed by atoms with Crippen molar-refractivity contribution in [2.24, 2.45) is 0 Å². The van der Waals surface area contributed by atoms with Gasteiger partial charge in [0.25, 0.3) is 0 Å². The summed E-state index contributed by atoms with van der Waals surface area (Å²) in [6, 6.07) is 15.9. The molecular formula is C25H16O8. The van der Waals surface area contributed by atoms with Gasteiger partial charge in [-0.05, 0) is 54.1 Å². The molecule has 0 atom stereocenters. The molecule has 5 rings (SSSR count). The lowest BCUT2D eigenvalue weighted by atomic mass is 10.1. The molecule has 2 heterocycles. The predicted octanol–water partition coefficient (Wildman–Crippen LogP) is 4.04. The number of methoxy groups -OCH3 is 1. The van der Waals surface area contributed by atoms with Crippen LogP contribution in [0.25, 0.3) is 6.08 Å². The zero-order valence-electron chi connectivity index (χ0n) is 17.3. The third kappa shape index (κ3) is 3.89. The van der Waals surface area contributed by atoms with Crippen LogP contribution in [0.3, 0.4) is 0 Å². The van der Waals surface area contributed by atoms with Crippen LogP contribution in [-0.2, 0) is 4.74 Å². The zero-order valence-corrected chi connectivity index (χ0v) is 17.3. The first kappa shape index (κ1) is 20.3. The maximum absolute atomic E-state index is 12.7. The summed E-state index contributed by atoms with van der Waals surface area (Å²) in [5.41, 5.74) is 1.73. The molecule has 0 aliphatic carbocycles. The summed E-state index contributed by atoms with van der Waals surface area (Å²) in [6.07, 6.45) is 1.57. The van der Waals surface area contributed by atoms with E-state index in [1.807, 2.05) is 0 Å². The highest BCUT2D eigenvalue weighted by Gasteiger charge is 2.28. The molecule has 164 valence electrons. The number of esters is 2. The van der Waals surface area contributed by atoms with E-state index in [9.17, 15) is 14.4 Å². The highest BCUT2D eigenvalue weighted by atomic mass is 16.7. The minimum atomic E-state index is -0.584. The second-order valence-electron chi connectivity index (χ2n) is 7.17. The number of ketones is 1. The average molecular weight is 444 g/mol. The predicted molar refractivity (Wildman–Crippen MR) is 115 cm³/mol. The van der Waals surface area contributed by atoms with E-state index in [1.165, 1.54) is 19.2 Å². The van der Waals surface area contributed by atoms with Gasteiger partial charge in [0.2, 0.25) is 12.6 Å². The molecule has 2 aliphatic rings. The fraction of sp³-hybridized carbons (Fsp3) is 0.0800. The number of Topliss-reactive ketones (excluding diaryl/α,β-unsaturated/α-hetero) is 1. The lowest BCUT2D eigenvalue weighted by Gasteiger charge is -2.06. The fourth-order valence-corrected chi connectivity index (χ4v) is 3.40. The van der Waals surface area contributed by atoms with E-state index in [0.29, 0.717) is 33.8 Å². The monoisotopic (exact) mass is 444 g/mol. The topological polar surface area (TPSA) is 97.4 Å². The average Bonchev–Trinajstić information content (AvgIpc) is 3.42. The van der Waals surface area contributed by atoms with E-state index in [4.69, 9.17) is 18.9 Å². The number of fused-ring (bicyclic) bond motifs is 2. The summed E-state index contributed by atoms with van der Waals surface area (Å²) >= 11 is 0. The Morgan fingerprint density at radius 3 is 2.39 bits per heavy atom. The SMILES string of the molecule is COC(=O)c1ccc(/C=C2\Oc3cc(OC(=O)c4ccc5c(c4)OCO5)ccc3C2=O)cc1. The number of hydrogen-bond donors (Lipinski definition) is 0. The van der Waals surface area contributed by atoms with Crippen LogP contribution in [0.15, 0.2) is 66.4 Å². The minimum Gasteiger partial charge on any atom is -0.465 e. The third-order valence-electron chi connectivity index (χ3n) is 5.09. The van der Waals surface area contributed by atoms with E-state index in [2.05, 4.69) is 4.74 Å². The van der Waals surface area contributed by atoms with Crippen LogP contribution >= 0.6 is 0 Å². The van der Waals surface area contributed by atoms with Crippen LogP contribution in [0, 0.1) is 0 Å². The number of hydrogen-bond acceptors (Lipinski definition) is 8. The number of ether oxygens (including phenoxy) is 5. The summed E-state index contributed by atoms with van der Waals surface area (Å²) in [7, 11) is 1.31. The molecule has 3 aromatic carbocycles. The molecular weight excluding hydrogens is 428 g/mol. The lowest BCUT2D eigenvalue weighted by molar-refractivity contribution is 0.0600. The first-order valence-corrected chi connectivity index (χ1v) is 9.90. The molecule has 0 amide bonds. The minimum absolute atomic E-state index is 0.106. The van der Waals surface area contributed by atoms with Gasteiger partial charge < -0.3 is 23.7 Å². The van der Waals surface area contributed by atoms with Crippen LogP contribution in [0.5, 0.6) is 23.0 Å². The Labute approximate surface area is 187 Å². The van der Waals surface area contributed by atoms with Crippen molar-refractivity contribution in [3.05, 3.63) is 88.7 Å². The van der Waals surface area contributed by atoms with E-state index < -0.39 is 11.9 Å². The van der Waals surface area contributed by atoms with Crippen molar-refractivity contribution >= 4 is 23.8 Å². The number of allylic oxidation sites excluding steroid dienone is 1. The van der Waals surface area contributed by atoms with Crippen molar-refractivity contribution in [1.82, 2.24) is 0 Å². The van der Waals surface area contributed by atoms with Gasteiger partial charge in [-0.25, -0.2) is 9.59 Å². The van der Waals surface area contributed by atoms with Crippen molar-refractivity contribution < 1.29 is 38.1 Å². The molecule has 0 aromatic heterocycles. The standard InChI is InChI=1S/C25H16O8/c1-29-24(27)15-4-2-14(3-5-15)10-22-23(26)18-8-7-17(12-20(18)33-22)32-25(28)16-6-9-19-21(11-16)31-13-30-19/h2-12H,13H2,1H3/b22-10-. The van der Waals surface area contributed by atoms with E-state index >= 15 is 0 Å². The maximum atomic E-state index is 12.7. The number of carbonyl (C=O) groups is 3. The molecule has 8 heteroatoms. The smallest absolute Gasteiger partial charge is 0.343 e. The summed E-state index contributed by atoms with van der Waals surface area (Å²) in [5.74, 6) is 0.348. The van der Waals surface area contributed by atoms with Crippen LogP contribution in [-0.4, -0.2) is 31.6 Å². The molecule has 3 aromatic rings. The Bertz CT molecular complexity index is 1320. The Morgan fingerprint density at radius 2 is 1.61 bits per heavy atom. The van der Waals surface area contributed by atoms with Crippen molar-refractivity contribution in [3.8, 4) is 23.0 Å². The van der Waals surface area contributed by atoms with E-state index in [1.54, 1.807) is 54.6 Å². The number of rotatable bonds is 4. The quantitative estimate of drug-likeness (QED) is 0.338. The molecule has 8 nitrogen and oxygen atoms in total. The molecule has 0 bridgehead atoms. The van der Waals surface area contributed by atoms with Gasteiger partial charge in [0.15, 0.2) is 17.3 Å². The van der Waals surface area contributed by atoms with Crippen LogP contribution < -0.4 is 18.9 Å². The van der Waals surface area contributed by atoms with Gasteiger partial charge in [0.1, 0.15) is 11.5 Å². The number of carbonyl (C=O) groups excluding carboxylic acids is 3. The Kier molecular flexibility index (Phi) is 5.02. The summed E-state index contributed by atoms with van der Waals surface area (Å²) in [5, 5.41) is 0. The van der Waals surface area contributed by atoms with Gasteiger partial charge in [-0.2, -0.15) is 0 Å². The molecule has 0 fully saturated rings. The summed E-state index contributed by atoms with van der Waals surface area (Å²) < 4.78 is 26.3. The Balaban J connectivity index is 1.32. The van der Waals surface area contributed by atoms with Crippen LogP contribution in [0.1, 0.15) is 36.6 Å². The molecule has 0 saturated carbocycles.